The number of hydrogen-bond acceptors (Lipinski definition) is 4. The molecule has 2 atom stereocenters. The molecular weight excluding hydrogens is 429 g/mol. The third-order valence-corrected chi connectivity index (χ3v) is 5.89. The highest BCUT2D eigenvalue weighted by Crippen LogP contribution is 2.40. The van der Waals surface area contributed by atoms with Crippen molar-refractivity contribution in [3.8, 4) is 16.9 Å². The van der Waals surface area contributed by atoms with Gasteiger partial charge in [-0.25, -0.2) is 0 Å². The number of aromatic nitrogens is 1. The molecule has 2 bridgehead atoms. The molecule has 1 aromatic heterocycles. The zero-order valence-electron chi connectivity index (χ0n) is 17.0. The first-order valence-corrected chi connectivity index (χ1v) is 10.2. The Hall–Kier alpha value is -3.30. The van der Waals surface area contributed by atoms with Gasteiger partial charge in [-0.2, -0.15) is 0 Å². The zero-order valence-corrected chi connectivity index (χ0v) is 17.0. The summed E-state index contributed by atoms with van der Waals surface area (Å²) < 4.78 is 43.0. The van der Waals surface area contributed by atoms with Crippen LogP contribution in [-0.2, 0) is 16.1 Å². The van der Waals surface area contributed by atoms with E-state index in [2.05, 4.69) is 4.74 Å². The Morgan fingerprint density at radius 3 is 2.41 bits per heavy atom. The smallest absolute Gasteiger partial charge is 0.481 e. The molecule has 32 heavy (non-hydrogen) atoms. The average Bonchev–Trinajstić information content (AvgIpc) is 2.72. The number of likely N-dealkylation sites (tertiary alicyclic amines) is 1. The first kappa shape index (κ1) is 21.9. The normalized spacial score (nSPS) is 19.9. The van der Waals surface area contributed by atoms with Gasteiger partial charge in [-0.05, 0) is 36.1 Å². The molecule has 0 saturated carbocycles. The van der Waals surface area contributed by atoms with Gasteiger partial charge in [-0.15, -0.1) is 13.2 Å². The molecule has 4 rings (SSSR count). The SMILES string of the molecule is O=C(O)CCC(=O)N1C[C@@H]2C[C@@H](C1)c1c(-c3ccc(OC(F)(F)F)cc3)ccc(=O)n1C2. The fourth-order valence-corrected chi connectivity index (χ4v) is 4.67. The van der Waals surface area contributed by atoms with E-state index in [-0.39, 0.29) is 41.9 Å². The molecular formula is C22H21F3N2O5. The van der Waals surface area contributed by atoms with Crippen LogP contribution in [0.15, 0.2) is 41.2 Å². The van der Waals surface area contributed by atoms with Crippen molar-refractivity contribution < 1.29 is 32.6 Å². The molecule has 170 valence electrons. The number of hydrogen-bond donors (Lipinski definition) is 1. The molecule has 0 spiro atoms. The lowest BCUT2D eigenvalue weighted by Gasteiger charge is -2.43. The largest absolute Gasteiger partial charge is 0.573 e. The van der Waals surface area contributed by atoms with Gasteiger partial charge in [0, 0.05) is 49.3 Å². The maximum Gasteiger partial charge on any atom is 0.573 e. The summed E-state index contributed by atoms with van der Waals surface area (Å²) >= 11 is 0. The molecule has 2 aliphatic rings. The molecule has 0 aliphatic carbocycles. The summed E-state index contributed by atoms with van der Waals surface area (Å²) in [6, 6.07) is 8.55. The van der Waals surface area contributed by atoms with Crippen LogP contribution in [0.25, 0.3) is 11.1 Å². The van der Waals surface area contributed by atoms with Crippen molar-refractivity contribution in [3.05, 3.63) is 52.4 Å². The number of rotatable bonds is 5. The quantitative estimate of drug-likeness (QED) is 0.756. The molecule has 2 aliphatic heterocycles. The van der Waals surface area contributed by atoms with E-state index >= 15 is 0 Å². The Bertz CT molecular complexity index is 1090. The Morgan fingerprint density at radius 1 is 1.03 bits per heavy atom. The Kier molecular flexibility index (Phi) is 5.70. The molecule has 3 heterocycles. The lowest BCUT2D eigenvalue weighted by Crippen LogP contribution is -2.49. The van der Waals surface area contributed by atoms with Gasteiger partial charge >= 0.3 is 12.3 Å². The molecule has 10 heteroatoms. The van der Waals surface area contributed by atoms with E-state index in [1.54, 1.807) is 15.5 Å². The number of carboxylic acids is 1. The molecule has 1 fully saturated rings. The van der Waals surface area contributed by atoms with Gasteiger partial charge < -0.3 is 19.3 Å². The number of carboxylic acid groups (broad SMARTS) is 1. The minimum Gasteiger partial charge on any atom is -0.481 e. The van der Waals surface area contributed by atoms with Crippen LogP contribution in [-0.4, -0.2) is 45.9 Å². The van der Waals surface area contributed by atoms with E-state index in [0.29, 0.717) is 30.8 Å². The number of aliphatic carboxylic acids is 1. The van der Waals surface area contributed by atoms with Gasteiger partial charge in [-0.3, -0.25) is 14.4 Å². The van der Waals surface area contributed by atoms with Gasteiger partial charge in [-0.1, -0.05) is 12.1 Å². The molecule has 1 aromatic carbocycles. The number of halogens is 3. The van der Waals surface area contributed by atoms with Crippen LogP contribution >= 0.6 is 0 Å². The fourth-order valence-electron chi connectivity index (χ4n) is 4.67. The second kappa shape index (κ2) is 8.33. The summed E-state index contributed by atoms with van der Waals surface area (Å²) in [6.45, 7) is 1.26. The number of fused-ring (bicyclic) bond motifs is 4. The average molecular weight is 450 g/mol. The van der Waals surface area contributed by atoms with Crippen LogP contribution in [0, 0.1) is 5.92 Å². The number of nitrogens with zero attached hydrogens (tertiary/aromatic N) is 2. The van der Waals surface area contributed by atoms with Crippen LogP contribution in [0.1, 0.15) is 30.9 Å². The van der Waals surface area contributed by atoms with Crippen LogP contribution in [0.3, 0.4) is 0 Å². The Labute approximate surface area is 181 Å². The first-order chi connectivity index (χ1) is 15.1. The highest BCUT2D eigenvalue weighted by atomic mass is 19.4. The molecule has 0 radical (unpaired) electrons. The van der Waals surface area contributed by atoms with Crippen molar-refractivity contribution in [2.24, 2.45) is 5.92 Å². The summed E-state index contributed by atoms with van der Waals surface area (Å²) in [5, 5.41) is 8.85. The molecule has 1 N–H and O–H groups in total. The predicted octanol–water partition coefficient (Wildman–Crippen LogP) is 3.22. The van der Waals surface area contributed by atoms with E-state index in [9.17, 15) is 27.6 Å². The van der Waals surface area contributed by atoms with Gasteiger partial charge in [0.05, 0.1) is 6.42 Å². The lowest BCUT2D eigenvalue weighted by atomic mass is 9.80. The zero-order chi connectivity index (χ0) is 23.0. The second-order valence-electron chi connectivity index (χ2n) is 8.14. The van der Waals surface area contributed by atoms with E-state index in [1.165, 1.54) is 30.3 Å². The molecule has 1 saturated heterocycles. The number of alkyl halides is 3. The van der Waals surface area contributed by atoms with E-state index in [1.807, 2.05) is 0 Å². The topological polar surface area (TPSA) is 88.8 Å². The first-order valence-electron chi connectivity index (χ1n) is 10.2. The molecule has 1 amide bonds. The molecule has 7 nitrogen and oxygen atoms in total. The fraction of sp³-hybridized carbons (Fsp3) is 0.409. The number of carbonyl (C=O) groups excluding carboxylic acids is 1. The minimum absolute atomic E-state index is 0.0746. The third-order valence-electron chi connectivity index (χ3n) is 5.89. The summed E-state index contributed by atoms with van der Waals surface area (Å²) in [6.07, 6.45) is -4.33. The maximum atomic E-state index is 12.6. The Balaban J connectivity index is 1.64. The van der Waals surface area contributed by atoms with Crippen molar-refractivity contribution in [2.45, 2.75) is 38.1 Å². The number of piperidine rings is 1. The number of pyridine rings is 1. The highest BCUT2D eigenvalue weighted by molar-refractivity contribution is 5.81. The highest BCUT2D eigenvalue weighted by Gasteiger charge is 2.38. The van der Waals surface area contributed by atoms with E-state index in [0.717, 1.165) is 12.1 Å². The predicted molar refractivity (Wildman–Crippen MR) is 107 cm³/mol. The lowest BCUT2D eigenvalue weighted by molar-refractivity contribution is -0.274. The van der Waals surface area contributed by atoms with Gasteiger partial charge in [0.15, 0.2) is 0 Å². The third kappa shape index (κ3) is 4.63. The van der Waals surface area contributed by atoms with Crippen molar-refractivity contribution in [2.75, 3.05) is 13.1 Å². The van der Waals surface area contributed by atoms with Crippen LogP contribution in [0.5, 0.6) is 5.75 Å². The summed E-state index contributed by atoms with van der Waals surface area (Å²) in [4.78, 5) is 37.5. The number of benzene rings is 1. The number of carbonyl (C=O) groups is 2. The van der Waals surface area contributed by atoms with E-state index < -0.39 is 12.3 Å². The van der Waals surface area contributed by atoms with Crippen molar-refractivity contribution >= 4 is 11.9 Å². The maximum absolute atomic E-state index is 12.6. The van der Waals surface area contributed by atoms with Crippen molar-refractivity contribution in [1.82, 2.24) is 9.47 Å². The van der Waals surface area contributed by atoms with E-state index in [4.69, 9.17) is 5.11 Å². The molecule has 0 unspecified atom stereocenters. The molecule has 2 aromatic rings. The van der Waals surface area contributed by atoms with Gasteiger partial charge in [0.1, 0.15) is 5.75 Å². The summed E-state index contributed by atoms with van der Waals surface area (Å²) in [7, 11) is 0. The monoisotopic (exact) mass is 450 g/mol. The van der Waals surface area contributed by atoms with Crippen LogP contribution < -0.4 is 10.3 Å². The van der Waals surface area contributed by atoms with Gasteiger partial charge in [0.25, 0.3) is 5.56 Å². The van der Waals surface area contributed by atoms with Crippen molar-refractivity contribution in [3.63, 3.8) is 0 Å². The Morgan fingerprint density at radius 2 is 1.75 bits per heavy atom. The number of amides is 1. The minimum atomic E-state index is -4.78. The van der Waals surface area contributed by atoms with Gasteiger partial charge in [0.2, 0.25) is 5.91 Å². The summed E-state index contributed by atoms with van der Waals surface area (Å²) in [5.74, 6) is -1.66. The summed E-state index contributed by atoms with van der Waals surface area (Å²) in [5.41, 5.74) is 1.93. The van der Waals surface area contributed by atoms with Crippen LogP contribution in [0.4, 0.5) is 13.2 Å². The standard InChI is InChI=1S/C22H21F3N2O5/c23-22(24,25)32-16-3-1-14(2-4-16)17-5-6-19(29)27-11-13-9-15(21(17)27)12-26(10-13)18(28)7-8-20(30)31/h1-6,13,15H,7-12H2,(H,30,31)/t13-,15-/m0/s1. The van der Waals surface area contributed by atoms with Crippen molar-refractivity contribution in [1.29, 1.82) is 0 Å². The number of ether oxygens (including phenoxy) is 1. The van der Waals surface area contributed by atoms with Crippen LogP contribution in [0.2, 0.25) is 0 Å². The second-order valence-corrected chi connectivity index (χ2v) is 8.14.